The molecule has 1 aromatic rings. The number of aliphatic hydroxyl groups excluding tert-OH is 2. The molecule has 19 heavy (non-hydrogen) atoms. The first-order chi connectivity index (χ1) is 9.14. The summed E-state index contributed by atoms with van der Waals surface area (Å²) < 4.78 is 0. The molecule has 4 N–H and O–H groups in total. The molecule has 2 fully saturated rings. The van der Waals surface area contributed by atoms with Gasteiger partial charge in [-0.05, 0) is 18.1 Å². The summed E-state index contributed by atoms with van der Waals surface area (Å²) in [7, 11) is 0. The summed E-state index contributed by atoms with van der Waals surface area (Å²) in [6.45, 7) is 1.76. The third kappa shape index (κ3) is 1.87. The van der Waals surface area contributed by atoms with Crippen molar-refractivity contribution in [1.29, 1.82) is 0 Å². The standard InChI is InChI=1S/C12H18N4O2S/c1-19-11-14-9(13)2-10(15-11)16-3-7-8(4-16)12(7,5-17)6-18/h2,7-8,17-18H,3-6H2,1H3,(H2,13,14,15). The monoisotopic (exact) mass is 282 g/mol. The van der Waals surface area contributed by atoms with Gasteiger partial charge in [0, 0.05) is 24.6 Å². The van der Waals surface area contributed by atoms with Crippen LogP contribution in [0.25, 0.3) is 0 Å². The van der Waals surface area contributed by atoms with Crippen LogP contribution in [-0.4, -0.2) is 52.7 Å². The highest BCUT2D eigenvalue weighted by atomic mass is 32.2. The molecule has 2 unspecified atom stereocenters. The molecule has 0 amide bonds. The van der Waals surface area contributed by atoms with E-state index in [1.807, 2.05) is 6.26 Å². The van der Waals surface area contributed by atoms with E-state index < -0.39 is 0 Å². The van der Waals surface area contributed by atoms with Gasteiger partial charge in [0.2, 0.25) is 0 Å². The quantitative estimate of drug-likeness (QED) is 0.520. The Morgan fingerprint density at radius 2 is 2.00 bits per heavy atom. The molecule has 1 saturated carbocycles. The van der Waals surface area contributed by atoms with E-state index in [0.717, 1.165) is 18.9 Å². The van der Waals surface area contributed by atoms with E-state index in [4.69, 9.17) is 5.73 Å². The normalized spacial score (nSPS) is 27.4. The van der Waals surface area contributed by atoms with Crippen molar-refractivity contribution in [2.75, 3.05) is 43.2 Å². The van der Waals surface area contributed by atoms with Gasteiger partial charge in [-0.25, -0.2) is 9.97 Å². The van der Waals surface area contributed by atoms with Gasteiger partial charge in [-0.3, -0.25) is 0 Å². The van der Waals surface area contributed by atoms with Crippen LogP contribution in [0.4, 0.5) is 11.6 Å². The molecule has 0 radical (unpaired) electrons. The maximum absolute atomic E-state index is 9.42. The molecule has 6 nitrogen and oxygen atoms in total. The van der Waals surface area contributed by atoms with Gasteiger partial charge in [0.1, 0.15) is 11.6 Å². The maximum atomic E-state index is 9.42. The minimum absolute atomic E-state index is 0.0641. The number of nitrogen functional groups attached to an aromatic ring is 1. The molecule has 1 saturated heterocycles. The molecule has 104 valence electrons. The van der Waals surface area contributed by atoms with Crippen molar-refractivity contribution in [3.63, 3.8) is 0 Å². The summed E-state index contributed by atoms with van der Waals surface area (Å²) in [5.41, 5.74) is 5.52. The molecule has 2 atom stereocenters. The number of fused-ring (bicyclic) bond motifs is 1. The zero-order valence-corrected chi connectivity index (χ0v) is 11.6. The average Bonchev–Trinajstić information content (AvgIpc) is 2.80. The van der Waals surface area contributed by atoms with Crippen molar-refractivity contribution in [2.45, 2.75) is 5.16 Å². The van der Waals surface area contributed by atoms with E-state index in [-0.39, 0.29) is 18.6 Å². The number of nitrogens with zero attached hydrogens (tertiary/aromatic N) is 3. The zero-order chi connectivity index (χ0) is 13.6. The Balaban J connectivity index is 1.76. The largest absolute Gasteiger partial charge is 0.396 e. The Kier molecular flexibility index (Phi) is 3.07. The highest BCUT2D eigenvalue weighted by molar-refractivity contribution is 7.98. The van der Waals surface area contributed by atoms with Crippen LogP contribution in [0.15, 0.2) is 11.2 Å². The van der Waals surface area contributed by atoms with Crippen molar-refractivity contribution in [2.24, 2.45) is 17.3 Å². The van der Waals surface area contributed by atoms with Crippen LogP contribution >= 0.6 is 11.8 Å². The molecule has 2 heterocycles. The number of anilines is 2. The molecule has 0 aromatic carbocycles. The SMILES string of the molecule is CSc1nc(N)cc(N2CC3C(C2)C3(CO)CO)n1. The third-order valence-electron chi connectivity index (χ3n) is 4.49. The summed E-state index contributed by atoms with van der Waals surface area (Å²) in [6, 6.07) is 1.78. The highest BCUT2D eigenvalue weighted by Crippen LogP contribution is 2.62. The van der Waals surface area contributed by atoms with Gasteiger partial charge in [-0.1, -0.05) is 11.8 Å². The molecular formula is C12H18N4O2S. The van der Waals surface area contributed by atoms with Crippen LogP contribution in [0.3, 0.4) is 0 Å². The maximum Gasteiger partial charge on any atom is 0.191 e. The number of aliphatic hydroxyl groups is 2. The van der Waals surface area contributed by atoms with Crippen molar-refractivity contribution in [3.05, 3.63) is 6.07 Å². The average molecular weight is 282 g/mol. The van der Waals surface area contributed by atoms with Crippen molar-refractivity contribution in [3.8, 4) is 0 Å². The van der Waals surface area contributed by atoms with Crippen LogP contribution in [0.2, 0.25) is 0 Å². The first-order valence-electron chi connectivity index (χ1n) is 6.30. The Bertz CT molecular complexity index is 481. The number of hydrogen-bond donors (Lipinski definition) is 3. The summed E-state index contributed by atoms with van der Waals surface area (Å²) in [6.07, 6.45) is 1.92. The fourth-order valence-corrected chi connectivity index (χ4v) is 3.61. The fourth-order valence-electron chi connectivity index (χ4n) is 3.23. The van der Waals surface area contributed by atoms with Crippen LogP contribution in [0.5, 0.6) is 0 Å². The summed E-state index contributed by atoms with van der Waals surface area (Å²) in [4.78, 5) is 10.8. The fraction of sp³-hybridized carbons (Fsp3) is 0.667. The van der Waals surface area contributed by atoms with E-state index in [1.54, 1.807) is 6.07 Å². The van der Waals surface area contributed by atoms with Crippen molar-refractivity contribution < 1.29 is 10.2 Å². The van der Waals surface area contributed by atoms with E-state index in [9.17, 15) is 10.2 Å². The van der Waals surface area contributed by atoms with Gasteiger partial charge >= 0.3 is 0 Å². The van der Waals surface area contributed by atoms with Crippen LogP contribution < -0.4 is 10.6 Å². The van der Waals surface area contributed by atoms with E-state index >= 15 is 0 Å². The molecule has 2 aliphatic rings. The highest BCUT2D eigenvalue weighted by Gasteiger charge is 2.67. The van der Waals surface area contributed by atoms with Gasteiger partial charge in [0.05, 0.1) is 13.2 Å². The van der Waals surface area contributed by atoms with E-state index in [0.29, 0.717) is 22.8 Å². The molecule has 7 heteroatoms. The Hall–Kier alpha value is -1.05. The molecule has 1 aromatic heterocycles. The predicted octanol–water partition coefficient (Wildman–Crippen LogP) is -0.182. The molecule has 3 rings (SSSR count). The predicted molar refractivity (Wildman–Crippen MR) is 74.0 cm³/mol. The minimum atomic E-state index is -0.266. The van der Waals surface area contributed by atoms with E-state index in [2.05, 4.69) is 14.9 Å². The lowest BCUT2D eigenvalue weighted by atomic mass is 10.0. The van der Waals surface area contributed by atoms with Gasteiger partial charge in [0.15, 0.2) is 5.16 Å². The number of nitrogens with two attached hydrogens (primary N) is 1. The second kappa shape index (κ2) is 4.50. The number of piperidine rings is 1. The van der Waals surface area contributed by atoms with Gasteiger partial charge in [0.25, 0.3) is 0 Å². The van der Waals surface area contributed by atoms with Gasteiger partial charge in [-0.15, -0.1) is 0 Å². The first-order valence-corrected chi connectivity index (χ1v) is 7.52. The van der Waals surface area contributed by atoms with Crippen LogP contribution in [0, 0.1) is 17.3 Å². The molecule has 0 bridgehead atoms. The Labute approximate surface area is 116 Å². The van der Waals surface area contributed by atoms with Crippen molar-refractivity contribution in [1.82, 2.24) is 9.97 Å². The van der Waals surface area contributed by atoms with Crippen LogP contribution in [-0.2, 0) is 0 Å². The lowest BCUT2D eigenvalue weighted by molar-refractivity contribution is 0.109. The summed E-state index contributed by atoms with van der Waals surface area (Å²) in [5.74, 6) is 2.03. The molecular weight excluding hydrogens is 264 g/mol. The smallest absolute Gasteiger partial charge is 0.191 e. The van der Waals surface area contributed by atoms with Crippen molar-refractivity contribution >= 4 is 23.4 Å². The second-order valence-electron chi connectivity index (χ2n) is 5.31. The Morgan fingerprint density at radius 1 is 1.37 bits per heavy atom. The number of aromatic nitrogens is 2. The molecule has 0 spiro atoms. The van der Waals surface area contributed by atoms with Gasteiger partial charge in [-0.2, -0.15) is 0 Å². The second-order valence-corrected chi connectivity index (χ2v) is 6.08. The number of rotatable bonds is 4. The third-order valence-corrected chi connectivity index (χ3v) is 5.04. The van der Waals surface area contributed by atoms with E-state index in [1.165, 1.54) is 11.8 Å². The zero-order valence-electron chi connectivity index (χ0n) is 10.8. The lowest BCUT2D eigenvalue weighted by Crippen LogP contribution is -2.32. The number of hydrogen-bond acceptors (Lipinski definition) is 7. The van der Waals surface area contributed by atoms with Gasteiger partial charge < -0.3 is 20.8 Å². The Morgan fingerprint density at radius 3 is 2.53 bits per heavy atom. The molecule has 1 aliphatic heterocycles. The van der Waals surface area contributed by atoms with Crippen LogP contribution in [0.1, 0.15) is 0 Å². The summed E-state index contributed by atoms with van der Waals surface area (Å²) >= 11 is 1.47. The number of thioether (sulfide) groups is 1. The first kappa shape index (κ1) is 13.0. The molecule has 1 aliphatic carbocycles. The minimum Gasteiger partial charge on any atom is -0.396 e. The lowest BCUT2D eigenvalue weighted by Gasteiger charge is -2.25. The summed E-state index contributed by atoms with van der Waals surface area (Å²) in [5, 5.41) is 19.5. The topological polar surface area (TPSA) is 95.5 Å².